The molecule has 16 heavy (non-hydrogen) atoms. The first-order valence-corrected chi connectivity index (χ1v) is 5.51. The Bertz CT molecular complexity index is 508. The first kappa shape index (κ1) is 10.9. The lowest BCUT2D eigenvalue weighted by Gasteiger charge is -2.07. The Hall–Kier alpha value is -1.62. The highest BCUT2D eigenvalue weighted by molar-refractivity contribution is 9.10. The van der Waals surface area contributed by atoms with Gasteiger partial charge in [-0.1, -0.05) is 6.07 Å². The normalized spacial score (nSPS) is 10.1. The zero-order chi connectivity index (χ0) is 11.5. The minimum Gasteiger partial charge on any atom is -0.306 e. The van der Waals surface area contributed by atoms with Crippen molar-refractivity contribution in [3.05, 3.63) is 47.0 Å². The van der Waals surface area contributed by atoms with Gasteiger partial charge in [0.2, 0.25) is 0 Å². The number of hydrogen-bond acceptors (Lipinski definition) is 2. The van der Waals surface area contributed by atoms with Gasteiger partial charge in [-0.25, -0.2) is 9.78 Å². The van der Waals surface area contributed by atoms with Crippen molar-refractivity contribution in [3.8, 4) is 0 Å². The summed E-state index contributed by atoms with van der Waals surface area (Å²) >= 11 is 3.40. The smallest absolute Gasteiger partial charge is 0.306 e. The highest BCUT2D eigenvalue weighted by atomic mass is 79.9. The molecule has 0 unspecified atom stereocenters. The maximum absolute atomic E-state index is 11.7. The number of halogens is 1. The highest BCUT2D eigenvalue weighted by Gasteiger charge is 2.06. The summed E-state index contributed by atoms with van der Waals surface area (Å²) in [5.74, 6) is 0. The lowest BCUT2D eigenvalue weighted by molar-refractivity contribution is 0.253. The summed E-state index contributed by atoms with van der Waals surface area (Å²) in [6, 6.07) is 5.51. The summed E-state index contributed by atoms with van der Waals surface area (Å²) in [5.41, 5.74) is 1.87. The molecule has 82 valence electrons. The molecule has 5 heteroatoms. The van der Waals surface area contributed by atoms with Crippen molar-refractivity contribution in [2.24, 2.45) is 0 Å². The number of carbonyl (C=O) groups excluding carboxylic acids is 1. The molecule has 0 bridgehead atoms. The summed E-state index contributed by atoms with van der Waals surface area (Å²) in [6.07, 6.45) is 4.61. The first-order valence-electron chi connectivity index (χ1n) is 4.72. The average Bonchev–Trinajstić information content (AvgIpc) is 2.75. The predicted molar refractivity (Wildman–Crippen MR) is 65.5 cm³/mol. The number of aromatic nitrogens is 2. The molecular formula is C11H10BrN3O. The van der Waals surface area contributed by atoms with Crippen LogP contribution >= 0.6 is 15.9 Å². The number of amides is 1. The van der Waals surface area contributed by atoms with E-state index >= 15 is 0 Å². The third kappa shape index (κ3) is 2.30. The molecule has 1 heterocycles. The predicted octanol–water partition coefficient (Wildman–Crippen LogP) is 3.03. The molecule has 0 spiro atoms. The van der Waals surface area contributed by atoms with E-state index in [0.29, 0.717) is 0 Å². The van der Waals surface area contributed by atoms with Crippen molar-refractivity contribution in [3.63, 3.8) is 0 Å². The monoisotopic (exact) mass is 279 g/mol. The van der Waals surface area contributed by atoms with Gasteiger partial charge in [0.25, 0.3) is 0 Å². The van der Waals surface area contributed by atoms with Crippen LogP contribution in [0, 0.1) is 6.92 Å². The van der Waals surface area contributed by atoms with Crippen LogP contribution in [0.3, 0.4) is 0 Å². The minimum atomic E-state index is -0.234. The highest BCUT2D eigenvalue weighted by Crippen LogP contribution is 2.23. The summed E-state index contributed by atoms with van der Waals surface area (Å²) in [7, 11) is 0. The Morgan fingerprint density at radius 1 is 1.50 bits per heavy atom. The number of rotatable bonds is 1. The largest absolute Gasteiger partial charge is 0.331 e. The molecule has 4 nitrogen and oxygen atoms in total. The van der Waals surface area contributed by atoms with Gasteiger partial charge >= 0.3 is 6.03 Å². The SMILES string of the molecule is Cc1ccc(NC(=O)n2ccnc2)c(Br)c1. The van der Waals surface area contributed by atoms with Gasteiger partial charge in [-0.2, -0.15) is 0 Å². The lowest BCUT2D eigenvalue weighted by Crippen LogP contribution is -2.17. The van der Waals surface area contributed by atoms with Gasteiger partial charge in [0, 0.05) is 16.9 Å². The van der Waals surface area contributed by atoms with Crippen molar-refractivity contribution in [1.82, 2.24) is 9.55 Å². The van der Waals surface area contributed by atoms with Gasteiger partial charge in [-0.05, 0) is 40.5 Å². The number of anilines is 1. The Morgan fingerprint density at radius 2 is 2.31 bits per heavy atom. The van der Waals surface area contributed by atoms with Gasteiger partial charge < -0.3 is 5.32 Å². The standard InChI is InChI=1S/C11H10BrN3O/c1-8-2-3-10(9(12)6-8)14-11(16)15-5-4-13-7-15/h2-7H,1H3,(H,14,16). The summed E-state index contributed by atoms with van der Waals surface area (Å²) < 4.78 is 2.24. The van der Waals surface area contributed by atoms with Gasteiger partial charge in [0.1, 0.15) is 6.33 Å². The number of nitrogens with one attached hydrogen (secondary N) is 1. The first-order chi connectivity index (χ1) is 7.66. The molecule has 0 aliphatic rings. The van der Waals surface area contributed by atoms with Gasteiger partial charge in [-0.15, -0.1) is 0 Å². The van der Waals surface area contributed by atoms with E-state index in [1.54, 1.807) is 12.4 Å². The fraction of sp³-hybridized carbons (Fsp3) is 0.0909. The number of imidazole rings is 1. The van der Waals surface area contributed by atoms with Crippen LogP contribution in [-0.4, -0.2) is 15.6 Å². The number of aryl methyl sites for hydroxylation is 1. The number of nitrogens with zero attached hydrogens (tertiary/aromatic N) is 2. The zero-order valence-electron chi connectivity index (χ0n) is 8.64. The van der Waals surface area contributed by atoms with E-state index in [-0.39, 0.29) is 6.03 Å². The molecule has 2 rings (SSSR count). The molecule has 0 saturated carbocycles. The summed E-state index contributed by atoms with van der Waals surface area (Å²) in [5, 5.41) is 2.78. The van der Waals surface area contributed by atoms with Gasteiger partial charge in [0.05, 0.1) is 5.69 Å². The van der Waals surface area contributed by atoms with Crippen LogP contribution in [0.25, 0.3) is 0 Å². The Kier molecular flexibility index (Phi) is 3.05. The van der Waals surface area contributed by atoms with Gasteiger partial charge in [0.15, 0.2) is 0 Å². The maximum Gasteiger partial charge on any atom is 0.331 e. The van der Waals surface area contributed by atoms with Crippen LogP contribution in [0.5, 0.6) is 0 Å². The second kappa shape index (κ2) is 4.49. The van der Waals surface area contributed by atoms with E-state index in [4.69, 9.17) is 0 Å². The fourth-order valence-electron chi connectivity index (χ4n) is 1.28. The molecule has 0 fully saturated rings. The molecule has 1 aromatic heterocycles. The van der Waals surface area contributed by atoms with Crippen LogP contribution in [0.1, 0.15) is 5.56 Å². The minimum absolute atomic E-state index is 0.234. The van der Waals surface area contributed by atoms with Crippen molar-refractivity contribution in [1.29, 1.82) is 0 Å². The topological polar surface area (TPSA) is 46.9 Å². The maximum atomic E-state index is 11.7. The quantitative estimate of drug-likeness (QED) is 0.872. The van der Waals surface area contributed by atoms with Crippen LogP contribution in [0.2, 0.25) is 0 Å². The second-order valence-corrected chi connectivity index (χ2v) is 4.24. The molecule has 1 aromatic carbocycles. The Labute approximate surface area is 101 Å². The van der Waals surface area contributed by atoms with E-state index in [1.165, 1.54) is 10.9 Å². The van der Waals surface area contributed by atoms with Crippen LogP contribution in [-0.2, 0) is 0 Å². The van der Waals surface area contributed by atoms with Crippen LogP contribution in [0.4, 0.5) is 10.5 Å². The van der Waals surface area contributed by atoms with Crippen molar-refractivity contribution in [2.75, 3.05) is 5.32 Å². The van der Waals surface area contributed by atoms with E-state index in [2.05, 4.69) is 26.2 Å². The molecule has 1 amide bonds. The molecule has 2 aromatic rings. The van der Waals surface area contributed by atoms with E-state index in [0.717, 1.165) is 15.7 Å². The molecule has 1 N–H and O–H groups in total. The number of carbonyl (C=O) groups is 1. The summed E-state index contributed by atoms with van der Waals surface area (Å²) in [6.45, 7) is 1.99. The lowest BCUT2D eigenvalue weighted by atomic mass is 10.2. The van der Waals surface area contributed by atoms with E-state index in [1.807, 2.05) is 25.1 Å². The average molecular weight is 280 g/mol. The number of benzene rings is 1. The third-order valence-corrected chi connectivity index (χ3v) is 2.76. The molecule has 0 saturated heterocycles. The zero-order valence-corrected chi connectivity index (χ0v) is 10.2. The molecule has 0 atom stereocenters. The van der Waals surface area contributed by atoms with Crippen LogP contribution < -0.4 is 5.32 Å². The van der Waals surface area contributed by atoms with Crippen molar-refractivity contribution >= 4 is 27.6 Å². The molecule has 0 radical (unpaired) electrons. The summed E-state index contributed by atoms with van der Waals surface area (Å²) in [4.78, 5) is 15.5. The Balaban J connectivity index is 2.18. The van der Waals surface area contributed by atoms with Crippen molar-refractivity contribution < 1.29 is 4.79 Å². The van der Waals surface area contributed by atoms with E-state index < -0.39 is 0 Å². The third-order valence-electron chi connectivity index (χ3n) is 2.11. The van der Waals surface area contributed by atoms with Crippen molar-refractivity contribution in [2.45, 2.75) is 6.92 Å². The Morgan fingerprint density at radius 3 is 2.94 bits per heavy atom. The number of hydrogen-bond donors (Lipinski definition) is 1. The van der Waals surface area contributed by atoms with Gasteiger partial charge in [-0.3, -0.25) is 4.57 Å². The fourth-order valence-corrected chi connectivity index (χ4v) is 1.87. The molecular weight excluding hydrogens is 270 g/mol. The molecule has 0 aliphatic heterocycles. The van der Waals surface area contributed by atoms with Crippen LogP contribution in [0.15, 0.2) is 41.4 Å². The molecule has 0 aliphatic carbocycles. The second-order valence-electron chi connectivity index (χ2n) is 3.38. The van der Waals surface area contributed by atoms with E-state index in [9.17, 15) is 4.79 Å².